The number of aryl methyl sites for hydroxylation is 1. The zero-order chi connectivity index (χ0) is 26.6. The average molecular weight is 605 g/mol. The van der Waals surface area contributed by atoms with Crippen molar-refractivity contribution in [3.05, 3.63) is 82.2 Å². The zero-order valence-corrected chi connectivity index (χ0v) is 30.3. The number of carbonyl (C=O) groups excluding carboxylic acids is 1. The Morgan fingerprint density at radius 2 is 1.71 bits per heavy atom. The quantitative estimate of drug-likeness (QED) is 0.249. The first-order valence-corrected chi connectivity index (χ1v) is 16.5. The summed E-state index contributed by atoms with van der Waals surface area (Å²) in [5.74, 6) is -0.224. The Kier molecular flexibility index (Phi) is 11.8. The second kappa shape index (κ2) is 13.9. The molecular formula is C31H43N2O3RbSi. The van der Waals surface area contributed by atoms with Gasteiger partial charge in [0.2, 0.25) is 0 Å². The van der Waals surface area contributed by atoms with Gasteiger partial charge in [-0.1, -0.05) is 75.4 Å². The second-order valence-electron chi connectivity index (χ2n) is 12.0. The molecule has 4 rings (SSSR count). The Balaban J connectivity index is 0.00000400. The van der Waals surface area contributed by atoms with Crippen LogP contribution in [0.1, 0.15) is 50.3 Å². The van der Waals surface area contributed by atoms with E-state index in [0.29, 0.717) is 12.6 Å². The normalized spacial score (nSPS) is 20.2. The van der Waals surface area contributed by atoms with E-state index < -0.39 is 8.32 Å². The van der Waals surface area contributed by atoms with E-state index in [1.807, 2.05) is 30.3 Å². The largest absolute Gasteiger partial charge is 1.00 e. The molecule has 0 N–H and O–H groups in total. The SMILES string of the molecule is CN1C2C[N-]CC1C(C(=O)OCc1ccccc1)=C(c1ccc(CCCO[Si](C)(C)C(C)(C)C)cc1)C2.[Rb+]. The Bertz CT molecular complexity index is 1100. The zero-order valence-electron chi connectivity index (χ0n) is 24.4. The topological polar surface area (TPSA) is 52.9 Å². The number of rotatable bonds is 9. The maximum absolute atomic E-state index is 13.4. The number of nitrogens with zero attached hydrogens (tertiary/aromatic N) is 2. The minimum absolute atomic E-state index is 0. The van der Waals surface area contributed by atoms with Crippen LogP contribution >= 0.6 is 0 Å². The molecule has 2 aromatic carbocycles. The van der Waals surface area contributed by atoms with Gasteiger partial charge in [0.25, 0.3) is 0 Å². The van der Waals surface area contributed by atoms with E-state index in [2.05, 4.69) is 75.4 Å². The van der Waals surface area contributed by atoms with Crippen molar-refractivity contribution in [1.29, 1.82) is 0 Å². The van der Waals surface area contributed by atoms with Gasteiger partial charge in [-0.25, -0.2) is 4.79 Å². The summed E-state index contributed by atoms with van der Waals surface area (Å²) in [7, 11) is 0.411. The van der Waals surface area contributed by atoms with Gasteiger partial charge in [0.1, 0.15) is 6.61 Å². The van der Waals surface area contributed by atoms with Crippen LogP contribution in [0.4, 0.5) is 0 Å². The Morgan fingerprint density at radius 3 is 2.37 bits per heavy atom. The fourth-order valence-corrected chi connectivity index (χ4v) is 6.02. The van der Waals surface area contributed by atoms with Crippen molar-refractivity contribution >= 4 is 19.9 Å². The van der Waals surface area contributed by atoms with Gasteiger partial charge in [-0.15, -0.1) is 13.1 Å². The molecule has 0 aliphatic carbocycles. The Labute approximate surface area is 279 Å². The number of likely N-dealkylation sites (N-methyl/N-ethyl adjacent to an activating group) is 1. The summed E-state index contributed by atoms with van der Waals surface area (Å²) in [5.41, 5.74) is 5.32. The number of hydrogen-bond acceptors (Lipinski definition) is 4. The van der Waals surface area contributed by atoms with Crippen molar-refractivity contribution in [1.82, 2.24) is 4.90 Å². The predicted octanol–water partition coefficient (Wildman–Crippen LogP) is 3.60. The summed E-state index contributed by atoms with van der Waals surface area (Å²) >= 11 is 0. The molecule has 1 saturated heterocycles. The molecule has 7 heteroatoms. The van der Waals surface area contributed by atoms with E-state index in [-0.39, 0.29) is 81.8 Å². The van der Waals surface area contributed by atoms with Gasteiger partial charge in [-0.2, -0.15) is 0 Å². The third kappa shape index (κ3) is 7.85. The molecule has 2 unspecified atom stereocenters. The van der Waals surface area contributed by atoms with Crippen LogP contribution in [0.5, 0.6) is 0 Å². The van der Waals surface area contributed by atoms with Crippen LogP contribution in [0, 0.1) is 0 Å². The standard InChI is InChI=1S/C31H43N2O3Si.Rb/c1-31(2,3)37(5,6)36-18-10-13-23-14-16-25(17-15-23)27-19-26-20-32-21-28(33(26)4)29(27)30(34)35-22-24-11-8-7-9-12-24;/h7-9,11-12,14-17,26,28H,10,13,18-22H2,1-6H3;/q-1;+1. The molecule has 5 nitrogen and oxygen atoms in total. The van der Waals surface area contributed by atoms with Gasteiger partial charge in [0.15, 0.2) is 8.32 Å². The summed E-state index contributed by atoms with van der Waals surface area (Å²) in [5, 5.41) is 4.92. The number of ether oxygens (including phenoxy) is 1. The van der Waals surface area contributed by atoms with E-state index in [1.54, 1.807) is 0 Å². The summed E-state index contributed by atoms with van der Waals surface area (Å²) in [6.45, 7) is 14.0. The number of piperazine rings is 1. The maximum atomic E-state index is 13.4. The maximum Gasteiger partial charge on any atom is 1.00 e. The fraction of sp³-hybridized carbons (Fsp3) is 0.516. The summed E-state index contributed by atoms with van der Waals surface area (Å²) in [6.07, 6.45) is 2.82. The molecule has 200 valence electrons. The molecular weight excluding hydrogens is 562 g/mol. The summed E-state index contributed by atoms with van der Waals surface area (Å²) < 4.78 is 12.2. The molecule has 1 fully saturated rings. The number of fused-ring (bicyclic) bond motifs is 2. The van der Waals surface area contributed by atoms with Crippen LogP contribution < -0.4 is 58.2 Å². The second-order valence-corrected chi connectivity index (χ2v) is 16.8. The van der Waals surface area contributed by atoms with Crippen LogP contribution in [-0.2, 0) is 27.0 Å². The molecule has 2 aromatic rings. The van der Waals surface area contributed by atoms with Crippen molar-refractivity contribution in [3.63, 3.8) is 0 Å². The van der Waals surface area contributed by atoms with Crippen LogP contribution in [0.15, 0.2) is 60.2 Å². The molecule has 0 aromatic heterocycles. The first kappa shape index (κ1) is 32.1. The van der Waals surface area contributed by atoms with Crippen molar-refractivity contribution < 1.29 is 72.1 Å². The van der Waals surface area contributed by atoms with Gasteiger partial charge in [0.05, 0.1) is 5.57 Å². The van der Waals surface area contributed by atoms with Crippen molar-refractivity contribution in [2.24, 2.45) is 0 Å². The van der Waals surface area contributed by atoms with Gasteiger partial charge >= 0.3 is 64.2 Å². The van der Waals surface area contributed by atoms with Crippen molar-refractivity contribution in [3.8, 4) is 0 Å². The third-order valence-corrected chi connectivity index (χ3v) is 13.0. The van der Waals surface area contributed by atoms with Crippen LogP contribution in [-0.4, -0.2) is 58.0 Å². The van der Waals surface area contributed by atoms with Gasteiger partial charge < -0.3 is 14.5 Å². The van der Waals surface area contributed by atoms with E-state index in [9.17, 15) is 4.79 Å². The van der Waals surface area contributed by atoms with Crippen LogP contribution in [0.25, 0.3) is 10.9 Å². The molecule has 2 bridgehead atoms. The van der Waals surface area contributed by atoms with Crippen molar-refractivity contribution in [2.75, 3.05) is 26.7 Å². The van der Waals surface area contributed by atoms with Gasteiger partial charge in [-0.05, 0) is 72.7 Å². The monoisotopic (exact) mass is 604 g/mol. The van der Waals surface area contributed by atoms with Crippen LogP contribution in [0.2, 0.25) is 18.1 Å². The van der Waals surface area contributed by atoms with E-state index in [1.165, 1.54) is 5.56 Å². The minimum Gasteiger partial charge on any atom is -0.659 e. The van der Waals surface area contributed by atoms with E-state index >= 15 is 0 Å². The Hall–Kier alpha value is -0.448. The van der Waals surface area contributed by atoms with Gasteiger partial charge in [-0.3, -0.25) is 4.90 Å². The summed E-state index contributed by atoms with van der Waals surface area (Å²) in [6, 6.07) is 18.9. The molecule has 2 heterocycles. The first-order valence-electron chi connectivity index (χ1n) is 13.6. The first-order chi connectivity index (χ1) is 17.6. The number of benzene rings is 2. The molecule has 2 aliphatic heterocycles. The van der Waals surface area contributed by atoms with E-state index in [0.717, 1.165) is 54.7 Å². The third-order valence-electron chi connectivity index (χ3n) is 8.42. The summed E-state index contributed by atoms with van der Waals surface area (Å²) in [4.78, 5) is 15.7. The minimum atomic E-state index is -1.70. The van der Waals surface area contributed by atoms with E-state index in [4.69, 9.17) is 9.16 Å². The molecule has 0 radical (unpaired) electrons. The smallest absolute Gasteiger partial charge is 0.659 e. The molecule has 0 saturated carbocycles. The van der Waals surface area contributed by atoms with Gasteiger partial charge in [0, 0.05) is 12.6 Å². The molecule has 0 amide bonds. The molecule has 2 atom stereocenters. The molecule has 38 heavy (non-hydrogen) atoms. The predicted molar refractivity (Wildman–Crippen MR) is 154 cm³/mol. The average Bonchev–Trinajstić information content (AvgIpc) is 2.85. The molecule has 2 aliphatic rings. The Morgan fingerprint density at radius 1 is 1.03 bits per heavy atom. The van der Waals surface area contributed by atoms with Crippen LogP contribution in [0.3, 0.4) is 0 Å². The number of hydrogen-bond donors (Lipinski definition) is 0. The number of esters is 1. The number of carbonyl (C=O) groups is 1. The fourth-order valence-electron chi connectivity index (χ4n) is 4.93. The molecule has 0 spiro atoms. The van der Waals surface area contributed by atoms with Crippen molar-refractivity contribution in [2.45, 2.75) is 76.9 Å².